The zero-order chi connectivity index (χ0) is 12.3. The van der Waals surface area contributed by atoms with Gasteiger partial charge >= 0.3 is 5.97 Å². The van der Waals surface area contributed by atoms with E-state index >= 15 is 0 Å². The summed E-state index contributed by atoms with van der Waals surface area (Å²) in [5.74, 6) is -1.26. The molecule has 2 aromatic carbocycles. The Bertz CT molecular complexity index is 535. The summed E-state index contributed by atoms with van der Waals surface area (Å²) >= 11 is 0. The van der Waals surface area contributed by atoms with Crippen LogP contribution in [-0.4, -0.2) is 11.1 Å². The molecule has 0 bridgehead atoms. The first-order chi connectivity index (χ1) is 8.16. The minimum Gasteiger partial charge on any atom is -0.481 e. The molecule has 2 aromatic rings. The monoisotopic (exact) mass is 230 g/mol. The van der Waals surface area contributed by atoms with Gasteiger partial charge in [0.05, 0.1) is 6.42 Å². The number of halogens is 1. The number of hydrogen-bond acceptors (Lipinski definition) is 1. The molecule has 86 valence electrons. The highest BCUT2D eigenvalue weighted by atomic mass is 19.1. The summed E-state index contributed by atoms with van der Waals surface area (Å²) in [5, 5.41) is 8.70. The first-order valence-corrected chi connectivity index (χ1v) is 5.22. The largest absolute Gasteiger partial charge is 0.481 e. The van der Waals surface area contributed by atoms with Gasteiger partial charge in [0.2, 0.25) is 0 Å². The number of carboxylic acids is 1. The van der Waals surface area contributed by atoms with Gasteiger partial charge in [0.25, 0.3) is 0 Å². The molecule has 0 unspecified atom stereocenters. The molecule has 0 heterocycles. The van der Waals surface area contributed by atoms with Crippen LogP contribution in [0.2, 0.25) is 0 Å². The van der Waals surface area contributed by atoms with Crippen molar-refractivity contribution in [2.45, 2.75) is 6.42 Å². The normalized spacial score (nSPS) is 10.2. The number of aliphatic carboxylic acids is 1. The fraction of sp³-hybridized carbons (Fsp3) is 0.0714. The molecule has 0 aliphatic carbocycles. The fourth-order valence-electron chi connectivity index (χ4n) is 1.70. The number of carboxylic acid groups (broad SMARTS) is 1. The zero-order valence-electron chi connectivity index (χ0n) is 9.06. The average Bonchev–Trinajstić information content (AvgIpc) is 2.32. The molecule has 2 nitrogen and oxygen atoms in total. The van der Waals surface area contributed by atoms with Crippen LogP contribution in [0.15, 0.2) is 48.5 Å². The van der Waals surface area contributed by atoms with Gasteiger partial charge in [0, 0.05) is 5.56 Å². The third-order valence-electron chi connectivity index (χ3n) is 2.47. The highest BCUT2D eigenvalue weighted by Crippen LogP contribution is 2.23. The molecule has 0 atom stereocenters. The number of hydrogen-bond donors (Lipinski definition) is 1. The van der Waals surface area contributed by atoms with Crippen LogP contribution >= 0.6 is 0 Å². The van der Waals surface area contributed by atoms with Crippen molar-refractivity contribution in [1.82, 2.24) is 0 Å². The van der Waals surface area contributed by atoms with Crippen molar-refractivity contribution in [2.75, 3.05) is 0 Å². The smallest absolute Gasteiger partial charge is 0.307 e. The first kappa shape index (κ1) is 11.3. The molecule has 3 heteroatoms. The van der Waals surface area contributed by atoms with Gasteiger partial charge in [0.1, 0.15) is 5.82 Å². The minimum atomic E-state index is -0.921. The Balaban J connectivity index is 2.43. The van der Waals surface area contributed by atoms with Crippen LogP contribution in [-0.2, 0) is 11.2 Å². The number of carbonyl (C=O) groups is 1. The van der Waals surface area contributed by atoms with Crippen molar-refractivity contribution >= 4 is 5.97 Å². The van der Waals surface area contributed by atoms with Gasteiger partial charge in [-0.15, -0.1) is 0 Å². The van der Waals surface area contributed by atoms with Crippen LogP contribution < -0.4 is 0 Å². The highest BCUT2D eigenvalue weighted by molar-refractivity contribution is 5.72. The van der Waals surface area contributed by atoms with E-state index in [1.807, 2.05) is 18.2 Å². The second-order valence-corrected chi connectivity index (χ2v) is 3.75. The van der Waals surface area contributed by atoms with Gasteiger partial charge in [-0.3, -0.25) is 4.79 Å². The average molecular weight is 230 g/mol. The van der Waals surface area contributed by atoms with Gasteiger partial charge in [-0.1, -0.05) is 36.4 Å². The Morgan fingerprint density at radius 2 is 1.82 bits per heavy atom. The van der Waals surface area contributed by atoms with E-state index in [0.29, 0.717) is 11.1 Å². The Kier molecular flexibility index (Phi) is 3.19. The van der Waals surface area contributed by atoms with E-state index in [9.17, 15) is 9.18 Å². The zero-order valence-corrected chi connectivity index (χ0v) is 9.06. The van der Waals surface area contributed by atoms with Crippen LogP contribution in [0, 0.1) is 5.82 Å². The summed E-state index contributed by atoms with van der Waals surface area (Å²) in [4.78, 5) is 10.6. The molecular weight excluding hydrogens is 219 g/mol. The van der Waals surface area contributed by atoms with Gasteiger partial charge in [-0.2, -0.15) is 0 Å². The third-order valence-corrected chi connectivity index (χ3v) is 2.47. The van der Waals surface area contributed by atoms with Crippen LogP contribution in [0.4, 0.5) is 4.39 Å². The maximum Gasteiger partial charge on any atom is 0.307 e. The molecule has 17 heavy (non-hydrogen) atoms. The van der Waals surface area contributed by atoms with Crippen molar-refractivity contribution in [3.8, 4) is 11.1 Å². The third kappa shape index (κ3) is 2.69. The minimum absolute atomic E-state index is 0.0971. The molecule has 0 fully saturated rings. The van der Waals surface area contributed by atoms with Crippen LogP contribution in [0.1, 0.15) is 5.56 Å². The molecule has 0 spiro atoms. The second kappa shape index (κ2) is 4.78. The lowest BCUT2D eigenvalue weighted by Gasteiger charge is -2.05. The highest BCUT2D eigenvalue weighted by Gasteiger charge is 2.07. The summed E-state index contributed by atoms with van der Waals surface area (Å²) in [6, 6.07) is 13.5. The lowest BCUT2D eigenvalue weighted by Crippen LogP contribution is -2.00. The summed E-state index contributed by atoms with van der Waals surface area (Å²) in [6.07, 6.45) is -0.0971. The Morgan fingerprint density at radius 3 is 2.47 bits per heavy atom. The van der Waals surface area contributed by atoms with Crippen molar-refractivity contribution in [3.63, 3.8) is 0 Å². The van der Waals surface area contributed by atoms with E-state index in [4.69, 9.17) is 5.11 Å². The van der Waals surface area contributed by atoms with Crippen molar-refractivity contribution in [1.29, 1.82) is 0 Å². The maximum absolute atomic E-state index is 13.6. The number of benzene rings is 2. The van der Waals surface area contributed by atoms with Crippen LogP contribution in [0.25, 0.3) is 11.1 Å². The lowest BCUT2D eigenvalue weighted by atomic mass is 10.0. The first-order valence-electron chi connectivity index (χ1n) is 5.22. The van der Waals surface area contributed by atoms with E-state index in [0.717, 1.165) is 5.56 Å². The summed E-state index contributed by atoms with van der Waals surface area (Å²) in [7, 11) is 0. The molecule has 0 aliphatic heterocycles. The predicted octanol–water partition coefficient (Wildman–Crippen LogP) is 3.12. The van der Waals surface area contributed by atoms with E-state index in [1.54, 1.807) is 18.2 Å². The molecule has 0 saturated carbocycles. The van der Waals surface area contributed by atoms with Crippen molar-refractivity contribution in [2.24, 2.45) is 0 Å². The van der Waals surface area contributed by atoms with Crippen LogP contribution in [0.5, 0.6) is 0 Å². The predicted molar refractivity (Wildman–Crippen MR) is 63.2 cm³/mol. The van der Waals surface area contributed by atoms with Crippen molar-refractivity contribution < 1.29 is 14.3 Å². The molecule has 1 N–H and O–H groups in total. The van der Waals surface area contributed by atoms with E-state index < -0.39 is 5.97 Å². The molecule has 0 aromatic heterocycles. The van der Waals surface area contributed by atoms with Gasteiger partial charge < -0.3 is 5.11 Å². The van der Waals surface area contributed by atoms with E-state index in [2.05, 4.69) is 0 Å². The van der Waals surface area contributed by atoms with Gasteiger partial charge in [0.15, 0.2) is 0 Å². The lowest BCUT2D eigenvalue weighted by molar-refractivity contribution is -0.136. The standard InChI is InChI=1S/C14H11FO2/c15-13-7-6-10(9-14(16)17)8-12(13)11-4-2-1-3-5-11/h1-8H,9H2,(H,16,17). The SMILES string of the molecule is O=C(O)Cc1ccc(F)c(-c2ccccc2)c1. The topological polar surface area (TPSA) is 37.3 Å². The summed E-state index contributed by atoms with van der Waals surface area (Å²) in [6.45, 7) is 0. The second-order valence-electron chi connectivity index (χ2n) is 3.75. The maximum atomic E-state index is 13.6. The van der Waals surface area contributed by atoms with Crippen molar-refractivity contribution in [3.05, 3.63) is 59.9 Å². The molecule has 0 aliphatic rings. The summed E-state index contributed by atoms with van der Waals surface area (Å²) < 4.78 is 13.6. The van der Waals surface area contributed by atoms with Gasteiger partial charge in [-0.25, -0.2) is 4.39 Å². The number of rotatable bonds is 3. The van der Waals surface area contributed by atoms with E-state index in [1.165, 1.54) is 12.1 Å². The quantitative estimate of drug-likeness (QED) is 0.879. The Hall–Kier alpha value is -2.16. The molecule has 0 amide bonds. The Labute approximate surface area is 98.3 Å². The molecular formula is C14H11FO2. The Morgan fingerprint density at radius 1 is 1.12 bits per heavy atom. The van der Waals surface area contributed by atoms with Gasteiger partial charge in [-0.05, 0) is 23.3 Å². The molecule has 0 radical (unpaired) electrons. The van der Waals surface area contributed by atoms with Crippen LogP contribution in [0.3, 0.4) is 0 Å². The molecule has 2 rings (SSSR count). The van der Waals surface area contributed by atoms with E-state index in [-0.39, 0.29) is 12.2 Å². The fourth-order valence-corrected chi connectivity index (χ4v) is 1.70. The summed E-state index contributed by atoms with van der Waals surface area (Å²) in [5.41, 5.74) is 1.78. The molecule has 0 saturated heterocycles.